The molecule has 0 unspecified atom stereocenters. The molecule has 0 bridgehead atoms. The fourth-order valence-electron chi connectivity index (χ4n) is 3.46. The first-order chi connectivity index (χ1) is 16.5. The Labute approximate surface area is 201 Å². The lowest BCUT2D eigenvalue weighted by Crippen LogP contribution is -2.22. The van der Waals surface area contributed by atoms with Crippen LogP contribution in [-0.4, -0.2) is 0 Å². The summed E-state index contributed by atoms with van der Waals surface area (Å²) in [5.41, 5.74) is -1.73. The van der Waals surface area contributed by atoms with Crippen molar-refractivity contribution in [1.29, 1.82) is 0 Å². The van der Waals surface area contributed by atoms with Crippen LogP contribution in [0.25, 0.3) is 22.3 Å². The SMILES string of the molecule is Cc1c(F)cc(-c2c(F)cc(OC(F)(F)c3ccc(-c4ccc(S)cc4F)cc3)cc2F)cc1F. The largest absolute Gasteiger partial charge is 0.429 e. The molecular weight excluding hydrogens is 493 g/mol. The van der Waals surface area contributed by atoms with Crippen molar-refractivity contribution in [3.8, 4) is 28.0 Å². The topological polar surface area (TPSA) is 9.23 Å². The van der Waals surface area contributed by atoms with E-state index in [1.807, 2.05) is 0 Å². The lowest BCUT2D eigenvalue weighted by Gasteiger charge is -2.19. The summed E-state index contributed by atoms with van der Waals surface area (Å²) >= 11 is 4.03. The van der Waals surface area contributed by atoms with Gasteiger partial charge >= 0.3 is 6.11 Å². The van der Waals surface area contributed by atoms with E-state index in [0.717, 1.165) is 31.2 Å². The molecule has 180 valence electrons. The van der Waals surface area contributed by atoms with Gasteiger partial charge in [-0.25, -0.2) is 22.0 Å². The summed E-state index contributed by atoms with van der Waals surface area (Å²) in [6, 6.07) is 11.1. The monoisotopic (exact) mass is 508 g/mol. The van der Waals surface area contributed by atoms with Crippen LogP contribution < -0.4 is 4.74 Å². The second kappa shape index (κ2) is 9.30. The van der Waals surface area contributed by atoms with E-state index in [9.17, 15) is 30.7 Å². The second-order valence-electron chi connectivity index (χ2n) is 7.69. The second-order valence-corrected chi connectivity index (χ2v) is 8.20. The van der Waals surface area contributed by atoms with E-state index in [-0.39, 0.29) is 11.1 Å². The van der Waals surface area contributed by atoms with Crippen molar-refractivity contribution in [2.45, 2.75) is 17.9 Å². The van der Waals surface area contributed by atoms with Gasteiger partial charge in [0.2, 0.25) is 0 Å². The molecule has 9 heteroatoms. The minimum Gasteiger partial charge on any atom is -0.429 e. The molecule has 0 atom stereocenters. The number of benzene rings is 4. The normalized spacial score (nSPS) is 11.6. The van der Waals surface area contributed by atoms with E-state index >= 15 is 0 Å². The van der Waals surface area contributed by atoms with Gasteiger partial charge in [-0.05, 0) is 54.4 Å². The summed E-state index contributed by atoms with van der Waals surface area (Å²) in [4.78, 5) is 0.394. The quantitative estimate of drug-likeness (QED) is 0.210. The Morgan fingerprint density at radius 1 is 0.657 bits per heavy atom. The minimum absolute atomic E-state index is 0.169. The summed E-state index contributed by atoms with van der Waals surface area (Å²) in [6.45, 7) is 1.15. The molecule has 0 aliphatic carbocycles. The summed E-state index contributed by atoms with van der Waals surface area (Å²) in [6.07, 6.45) is -4.01. The molecule has 1 nitrogen and oxygen atoms in total. The van der Waals surface area contributed by atoms with Crippen molar-refractivity contribution < 1.29 is 35.5 Å². The molecule has 35 heavy (non-hydrogen) atoms. The highest BCUT2D eigenvalue weighted by Gasteiger charge is 2.35. The first-order valence-corrected chi connectivity index (χ1v) is 10.5. The Bertz CT molecular complexity index is 1370. The molecule has 0 aliphatic rings. The lowest BCUT2D eigenvalue weighted by atomic mass is 10.0. The third-order valence-corrected chi connectivity index (χ3v) is 5.59. The van der Waals surface area contributed by atoms with Gasteiger partial charge in [-0.3, -0.25) is 0 Å². The predicted octanol–water partition coefficient (Wildman–Crippen LogP) is 8.44. The van der Waals surface area contributed by atoms with Crippen LogP contribution in [0, 0.1) is 36.0 Å². The van der Waals surface area contributed by atoms with Crippen molar-refractivity contribution in [3.63, 3.8) is 0 Å². The summed E-state index contributed by atoms with van der Waals surface area (Å²) < 4.78 is 105. The number of thiol groups is 1. The smallest absolute Gasteiger partial charge is 0.426 e. The van der Waals surface area contributed by atoms with Crippen LogP contribution in [0.5, 0.6) is 5.75 Å². The Balaban J connectivity index is 1.61. The van der Waals surface area contributed by atoms with Gasteiger partial charge in [0.25, 0.3) is 0 Å². The van der Waals surface area contributed by atoms with Crippen molar-refractivity contribution in [1.82, 2.24) is 0 Å². The van der Waals surface area contributed by atoms with Crippen LogP contribution in [0.2, 0.25) is 0 Å². The Morgan fingerprint density at radius 3 is 1.77 bits per heavy atom. The first kappa shape index (κ1) is 24.7. The standard InChI is InChI=1S/C26H15F7OS/c1-13-20(27)8-15(9-21(13)28)25-23(30)10-17(11-24(25)31)34-26(32,33)16-4-2-14(3-5-16)19-7-6-18(35)12-22(19)29/h2-12,35H,1H3. The average molecular weight is 508 g/mol. The summed E-state index contributed by atoms with van der Waals surface area (Å²) in [5, 5.41) is 0. The van der Waals surface area contributed by atoms with Crippen molar-refractivity contribution in [2.24, 2.45) is 0 Å². The van der Waals surface area contributed by atoms with Gasteiger partial charge in [0, 0.05) is 28.2 Å². The molecule has 4 rings (SSSR count). The molecule has 0 N–H and O–H groups in total. The van der Waals surface area contributed by atoms with E-state index in [4.69, 9.17) is 0 Å². The first-order valence-electron chi connectivity index (χ1n) is 10.1. The van der Waals surface area contributed by atoms with Crippen LogP contribution in [0.15, 0.2) is 71.6 Å². The summed E-state index contributed by atoms with van der Waals surface area (Å²) in [5.74, 6) is -6.17. The van der Waals surface area contributed by atoms with Crippen molar-refractivity contribution >= 4 is 12.6 Å². The zero-order valence-corrected chi connectivity index (χ0v) is 18.7. The molecule has 0 saturated heterocycles. The highest BCUT2D eigenvalue weighted by Crippen LogP contribution is 2.37. The fourth-order valence-corrected chi connectivity index (χ4v) is 3.65. The van der Waals surface area contributed by atoms with E-state index in [1.54, 1.807) is 6.07 Å². The number of hydrogen-bond acceptors (Lipinski definition) is 2. The molecule has 0 fully saturated rings. The van der Waals surface area contributed by atoms with Gasteiger partial charge in [0.1, 0.15) is 34.8 Å². The molecule has 0 aromatic heterocycles. The Kier molecular flexibility index (Phi) is 6.55. The van der Waals surface area contributed by atoms with Gasteiger partial charge in [-0.2, -0.15) is 8.78 Å². The van der Waals surface area contributed by atoms with E-state index < -0.39 is 57.6 Å². The zero-order chi connectivity index (χ0) is 25.5. The van der Waals surface area contributed by atoms with Gasteiger partial charge < -0.3 is 4.74 Å². The number of halogens is 7. The van der Waals surface area contributed by atoms with E-state index in [1.165, 1.54) is 24.3 Å². The molecule has 4 aromatic rings. The Morgan fingerprint density at radius 2 is 1.23 bits per heavy atom. The number of hydrogen-bond donors (Lipinski definition) is 1. The molecule has 0 saturated carbocycles. The van der Waals surface area contributed by atoms with Gasteiger partial charge in [-0.1, -0.05) is 18.2 Å². The van der Waals surface area contributed by atoms with E-state index in [2.05, 4.69) is 17.4 Å². The molecule has 0 amide bonds. The number of alkyl halides is 2. The third kappa shape index (κ3) is 5.00. The minimum atomic E-state index is -4.01. The maximum Gasteiger partial charge on any atom is 0.426 e. The average Bonchev–Trinajstić information content (AvgIpc) is 2.77. The maximum absolute atomic E-state index is 14.7. The van der Waals surface area contributed by atoms with Gasteiger partial charge in [-0.15, -0.1) is 12.6 Å². The number of rotatable bonds is 5. The predicted molar refractivity (Wildman–Crippen MR) is 120 cm³/mol. The lowest BCUT2D eigenvalue weighted by molar-refractivity contribution is -0.185. The van der Waals surface area contributed by atoms with Gasteiger partial charge in [0.15, 0.2) is 0 Å². The summed E-state index contributed by atoms with van der Waals surface area (Å²) in [7, 11) is 0. The fraction of sp³-hybridized carbons (Fsp3) is 0.0769. The zero-order valence-electron chi connectivity index (χ0n) is 17.9. The van der Waals surface area contributed by atoms with Crippen LogP contribution in [0.1, 0.15) is 11.1 Å². The van der Waals surface area contributed by atoms with Crippen LogP contribution >= 0.6 is 12.6 Å². The highest BCUT2D eigenvalue weighted by atomic mass is 32.1. The van der Waals surface area contributed by atoms with Gasteiger partial charge in [0.05, 0.1) is 11.1 Å². The van der Waals surface area contributed by atoms with Crippen LogP contribution in [-0.2, 0) is 6.11 Å². The van der Waals surface area contributed by atoms with E-state index in [0.29, 0.717) is 22.6 Å². The molecule has 0 aliphatic heterocycles. The maximum atomic E-state index is 14.7. The Hall–Kier alpha value is -3.46. The molecule has 4 aromatic carbocycles. The number of ether oxygens (including phenoxy) is 1. The molecule has 0 spiro atoms. The van der Waals surface area contributed by atoms with Crippen LogP contribution in [0.4, 0.5) is 30.7 Å². The van der Waals surface area contributed by atoms with Crippen molar-refractivity contribution in [3.05, 3.63) is 107 Å². The molecular formula is C26H15F7OS. The highest BCUT2D eigenvalue weighted by molar-refractivity contribution is 7.80. The third-order valence-electron chi connectivity index (χ3n) is 5.32. The molecule has 0 heterocycles. The molecule has 0 radical (unpaired) electrons. The van der Waals surface area contributed by atoms with Crippen molar-refractivity contribution in [2.75, 3.05) is 0 Å². The van der Waals surface area contributed by atoms with Crippen LogP contribution in [0.3, 0.4) is 0 Å².